The minimum Gasteiger partial charge on any atom is -0.452 e. The van der Waals surface area contributed by atoms with E-state index in [1.165, 1.54) is 19.2 Å². The smallest absolute Gasteiger partial charge is 0.341 e. The minimum absolute atomic E-state index is 0.00611. The molecule has 0 aliphatic heterocycles. The third-order valence-electron chi connectivity index (χ3n) is 3.64. The molecular formula is C19H18Cl2N2O4. The summed E-state index contributed by atoms with van der Waals surface area (Å²) >= 11 is 11.8. The maximum atomic E-state index is 12.1. The fourth-order valence-electron chi connectivity index (χ4n) is 2.14. The number of nitrogens with zero attached hydrogens (tertiary/aromatic N) is 1. The van der Waals surface area contributed by atoms with Gasteiger partial charge >= 0.3 is 5.97 Å². The first kappa shape index (κ1) is 20.7. The zero-order chi connectivity index (χ0) is 20.0. The van der Waals surface area contributed by atoms with Crippen LogP contribution in [0.5, 0.6) is 0 Å². The molecule has 0 aliphatic rings. The lowest BCUT2D eigenvalue weighted by Gasteiger charge is -2.17. The Morgan fingerprint density at radius 1 is 1.04 bits per heavy atom. The van der Waals surface area contributed by atoms with E-state index < -0.39 is 18.5 Å². The number of hydrogen-bond acceptors (Lipinski definition) is 4. The number of carbonyl (C=O) groups is 3. The second-order valence-corrected chi connectivity index (χ2v) is 6.65. The number of ether oxygens (including phenoxy) is 1. The molecule has 0 bridgehead atoms. The van der Waals surface area contributed by atoms with E-state index in [1.807, 2.05) is 19.1 Å². The molecule has 0 heterocycles. The fourth-order valence-corrected chi connectivity index (χ4v) is 2.70. The molecule has 0 fully saturated rings. The summed E-state index contributed by atoms with van der Waals surface area (Å²) in [5.74, 6) is -1.71. The molecule has 0 saturated heterocycles. The van der Waals surface area contributed by atoms with E-state index >= 15 is 0 Å². The normalized spacial score (nSPS) is 10.2. The van der Waals surface area contributed by atoms with Crippen LogP contribution in [-0.4, -0.2) is 42.9 Å². The van der Waals surface area contributed by atoms with Crippen molar-refractivity contribution in [2.24, 2.45) is 0 Å². The van der Waals surface area contributed by atoms with Gasteiger partial charge in [0.25, 0.3) is 5.91 Å². The Labute approximate surface area is 167 Å². The maximum absolute atomic E-state index is 12.1. The van der Waals surface area contributed by atoms with Crippen LogP contribution in [0.2, 0.25) is 10.0 Å². The standard InChI is InChI=1S/C19H18Cl2N2O4/c1-12-6-8-13(9-7-12)22-16(24)10-23(2)17(25)11-27-19(26)18-14(20)4-3-5-15(18)21/h3-9H,10-11H2,1-2H3,(H,22,24). The number of hydrogen-bond donors (Lipinski definition) is 1. The Bertz CT molecular complexity index is 833. The summed E-state index contributed by atoms with van der Waals surface area (Å²) in [4.78, 5) is 37.3. The highest BCUT2D eigenvalue weighted by Crippen LogP contribution is 2.24. The van der Waals surface area contributed by atoms with Crippen LogP contribution in [0.15, 0.2) is 42.5 Å². The van der Waals surface area contributed by atoms with Crippen LogP contribution in [-0.2, 0) is 14.3 Å². The van der Waals surface area contributed by atoms with Crippen LogP contribution in [0.1, 0.15) is 15.9 Å². The molecule has 8 heteroatoms. The quantitative estimate of drug-likeness (QED) is 0.741. The van der Waals surface area contributed by atoms with Crippen molar-refractivity contribution in [3.8, 4) is 0 Å². The molecule has 0 saturated carbocycles. The van der Waals surface area contributed by atoms with Gasteiger partial charge in [0.05, 0.1) is 22.2 Å². The van der Waals surface area contributed by atoms with Crippen LogP contribution in [0, 0.1) is 6.92 Å². The predicted octanol–water partition coefficient (Wildman–Crippen LogP) is 3.56. The van der Waals surface area contributed by atoms with E-state index in [4.69, 9.17) is 27.9 Å². The average Bonchev–Trinajstić information content (AvgIpc) is 2.61. The molecule has 2 aromatic carbocycles. The number of amides is 2. The molecule has 2 aromatic rings. The predicted molar refractivity (Wildman–Crippen MR) is 104 cm³/mol. The van der Waals surface area contributed by atoms with Gasteiger partial charge in [-0.3, -0.25) is 9.59 Å². The van der Waals surface area contributed by atoms with E-state index in [0.717, 1.165) is 10.5 Å². The van der Waals surface area contributed by atoms with Crippen molar-refractivity contribution in [2.45, 2.75) is 6.92 Å². The second kappa shape index (κ2) is 9.39. The maximum Gasteiger partial charge on any atom is 0.341 e. The van der Waals surface area contributed by atoms with Gasteiger partial charge in [0.2, 0.25) is 5.91 Å². The van der Waals surface area contributed by atoms with Crippen molar-refractivity contribution in [1.82, 2.24) is 4.90 Å². The van der Waals surface area contributed by atoms with Crippen molar-refractivity contribution < 1.29 is 19.1 Å². The first-order chi connectivity index (χ1) is 12.8. The van der Waals surface area contributed by atoms with E-state index in [1.54, 1.807) is 18.2 Å². The molecule has 0 aromatic heterocycles. The number of anilines is 1. The lowest BCUT2D eigenvalue weighted by molar-refractivity contribution is -0.136. The molecule has 0 atom stereocenters. The molecule has 0 unspecified atom stereocenters. The summed E-state index contributed by atoms with van der Waals surface area (Å²) in [6, 6.07) is 11.8. The van der Waals surface area contributed by atoms with E-state index in [2.05, 4.69) is 5.32 Å². The number of halogens is 2. The molecule has 0 radical (unpaired) electrons. The van der Waals surface area contributed by atoms with Gasteiger partial charge in [-0.25, -0.2) is 4.79 Å². The van der Waals surface area contributed by atoms with Crippen molar-refractivity contribution in [3.63, 3.8) is 0 Å². The van der Waals surface area contributed by atoms with E-state index in [9.17, 15) is 14.4 Å². The van der Waals surface area contributed by atoms with Crippen LogP contribution in [0.3, 0.4) is 0 Å². The van der Waals surface area contributed by atoms with Crippen LogP contribution in [0.25, 0.3) is 0 Å². The Hall–Kier alpha value is -2.57. The number of benzene rings is 2. The van der Waals surface area contributed by atoms with Gasteiger partial charge in [0.1, 0.15) is 0 Å². The summed E-state index contributed by atoms with van der Waals surface area (Å²) in [6.07, 6.45) is 0. The highest BCUT2D eigenvalue weighted by atomic mass is 35.5. The first-order valence-electron chi connectivity index (χ1n) is 7.99. The minimum atomic E-state index is -0.809. The summed E-state index contributed by atoms with van der Waals surface area (Å²) in [7, 11) is 1.44. The molecular weight excluding hydrogens is 391 g/mol. The van der Waals surface area contributed by atoms with Gasteiger partial charge in [-0.05, 0) is 31.2 Å². The van der Waals surface area contributed by atoms with Gasteiger partial charge in [-0.1, -0.05) is 47.0 Å². The molecule has 0 aliphatic carbocycles. The summed E-state index contributed by atoms with van der Waals surface area (Å²) in [6.45, 7) is 1.22. The van der Waals surface area contributed by atoms with Crippen molar-refractivity contribution >= 4 is 46.7 Å². The number of aryl methyl sites for hydroxylation is 1. The van der Waals surface area contributed by atoms with Crippen molar-refractivity contribution in [2.75, 3.05) is 25.5 Å². The zero-order valence-electron chi connectivity index (χ0n) is 14.8. The average molecular weight is 409 g/mol. The number of nitrogens with one attached hydrogen (secondary N) is 1. The van der Waals surface area contributed by atoms with Crippen LogP contribution < -0.4 is 5.32 Å². The Balaban J connectivity index is 1.85. The highest BCUT2D eigenvalue weighted by Gasteiger charge is 2.19. The second-order valence-electron chi connectivity index (χ2n) is 5.84. The molecule has 27 heavy (non-hydrogen) atoms. The molecule has 6 nitrogen and oxygen atoms in total. The number of rotatable bonds is 6. The Morgan fingerprint density at radius 3 is 2.22 bits per heavy atom. The van der Waals surface area contributed by atoms with Gasteiger partial charge in [-0.2, -0.15) is 0 Å². The lowest BCUT2D eigenvalue weighted by atomic mass is 10.2. The lowest BCUT2D eigenvalue weighted by Crippen LogP contribution is -2.37. The first-order valence-corrected chi connectivity index (χ1v) is 8.75. The molecule has 2 rings (SSSR count). The fraction of sp³-hybridized carbons (Fsp3) is 0.211. The van der Waals surface area contributed by atoms with E-state index in [0.29, 0.717) is 5.69 Å². The third kappa shape index (κ3) is 5.98. The largest absolute Gasteiger partial charge is 0.452 e. The number of likely N-dealkylation sites (N-methyl/N-ethyl adjacent to an activating group) is 1. The molecule has 2 amide bonds. The number of esters is 1. The van der Waals surface area contributed by atoms with Crippen LogP contribution >= 0.6 is 23.2 Å². The summed E-state index contributed by atoms with van der Waals surface area (Å²) < 4.78 is 4.95. The van der Waals surface area contributed by atoms with Crippen molar-refractivity contribution in [1.29, 1.82) is 0 Å². The van der Waals surface area contributed by atoms with Gasteiger partial charge in [0.15, 0.2) is 6.61 Å². The Morgan fingerprint density at radius 2 is 1.63 bits per heavy atom. The Kier molecular flexibility index (Phi) is 7.21. The highest BCUT2D eigenvalue weighted by molar-refractivity contribution is 6.39. The van der Waals surface area contributed by atoms with Crippen molar-refractivity contribution in [3.05, 3.63) is 63.6 Å². The molecule has 1 N–H and O–H groups in total. The van der Waals surface area contributed by atoms with Gasteiger partial charge in [-0.15, -0.1) is 0 Å². The zero-order valence-corrected chi connectivity index (χ0v) is 16.3. The monoisotopic (exact) mass is 408 g/mol. The van der Waals surface area contributed by atoms with Crippen LogP contribution in [0.4, 0.5) is 5.69 Å². The summed E-state index contributed by atoms with van der Waals surface area (Å²) in [5, 5.41) is 2.95. The third-order valence-corrected chi connectivity index (χ3v) is 4.27. The molecule has 142 valence electrons. The van der Waals surface area contributed by atoms with Gasteiger partial charge < -0.3 is 15.0 Å². The SMILES string of the molecule is Cc1ccc(NC(=O)CN(C)C(=O)COC(=O)c2c(Cl)cccc2Cl)cc1. The van der Waals surface area contributed by atoms with Gasteiger partial charge in [0, 0.05) is 12.7 Å². The summed E-state index contributed by atoms with van der Waals surface area (Å²) in [5.41, 5.74) is 1.69. The number of carbonyl (C=O) groups excluding carboxylic acids is 3. The molecule has 0 spiro atoms. The van der Waals surface area contributed by atoms with E-state index in [-0.39, 0.29) is 28.1 Å². The topological polar surface area (TPSA) is 75.7 Å².